The molecule has 0 N–H and O–H groups in total. The van der Waals surface area contributed by atoms with Gasteiger partial charge in [0.05, 0.1) is 5.88 Å². The quantitative estimate of drug-likeness (QED) is 0.818. The number of para-hydroxylation sites is 1. The molecule has 1 saturated heterocycles. The van der Waals surface area contributed by atoms with Crippen LogP contribution in [0.3, 0.4) is 0 Å². The molecule has 0 unspecified atom stereocenters. The lowest BCUT2D eigenvalue weighted by atomic mass is 10.2. The number of amides is 1. The number of furan rings is 1. The normalized spacial score (nSPS) is 15.3. The van der Waals surface area contributed by atoms with Crippen LogP contribution in [0.5, 0.6) is 0 Å². The molecule has 21 heavy (non-hydrogen) atoms. The number of benzene rings is 1. The second-order valence-corrected chi connectivity index (χ2v) is 5.28. The van der Waals surface area contributed by atoms with Crippen molar-refractivity contribution in [1.29, 1.82) is 0 Å². The maximum atomic E-state index is 12.3. The third kappa shape index (κ3) is 3.05. The average molecular weight is 305 g/mol. The molecule has 0 atom stereocenters. The van der Waals surface area contributed by atoms with E-state index in [4.69, 9.17) is 16.0 Å². The van der Waals surface area contributed by atoms with Gasteiger partial charge in [-0.1, -0.05) is 18.2 Å². The summed E-state index contributed by atoms with van der Waals surface area (Å²) in [5.74, 6) is 1.23. The van der Waals surface area contributed by atoms with Crippen LogP contribution >= 0.6 is 11.6 Å². The van der Waals surface area contributed by atoms with Gasteiger partial charge >= 0.3 is 0 Å². The van der Waals surface area contributed by atoms with Crippen LogP contribution in [0.15, 0.2) is 46.9 Å². The zero-order valence-electron chi connectivity index (χ0n) is 11.7. The van der Waals surface area contributed by atoms with E-state index >= 15 is 0 Å². The molecule has 5 heteroatoms. The van der Waals surface area contributed by atoms with Gasteiger partial charge < -0.3 is 14.2 Å². The van der Waals surface area contributed by atoms with Crippen LogP contribution < -0.4 is 4.90 Å². The lowest BCUT2D eigenvalue weighted by Crippen LogP contribution is -2.48. The summed E-state index contributed by atoms with van der Waals surface area (Å²) in [7, 11) is 0. The molecule has 1 fully saturated rings. The van der Waals surface area contributed by atoms with E-state index in [1.807, 2.05) is 23.1 Å². The number of carbonyl (C=O) groups excluding carboxylic acids is 1. The molecule has 1 aromatic carbocycles. The Morgan fingerprint density at radius 3 is 2.38 bits per heavy atom. The summed E-state index contributed by atoms with van der Waals surface area (Å²) < 4.78 is 5.42. The summed E-state index contributed by atoms with van der Waals surface area (Å²) in [6.45, 7) is 3.06. The van der Waals surface area contributed by atoms with E-state index in [2.05, 4.69) is 17.0 Å². The van der Waals surface area contributed by atoms with E-state index in [-0.39, 0.29) is 11.8 Å². The van der Waals surface area contributed by atoms with Crippen LogP contribution in [-0.4, -0.2) is 37.0 Å². The molecule has 2 heterocycles. The van der Waals surface area contributed by atoms with Gasteiger partial charge in [-0.25, -0.2) is 0 Å². The van der Waals surface area contributed by atoms with E-state index < -0.39 is 0 Å². The van der Waals surface area contributed by atoms with Gasteiger partial charge in [0.1, 0.15) is 5.76 Å². The largest absolute Gasteiger partial charge is 0.455 e. The Bertz CT molecular complexity index is 604. The van der Waals surface area contributed by atoms with Gasteiger partial charge in [0.2, 0.25) is 0 Å². The fraction of sp³-hybridized carbons (Fsp3) is 0.312. The number of nitrogens with zero attached hydrogens (tertiary/aromatic N) is 2. The van der Waals surface area contributed by atoms with E-state index in [1.54, 1.807) is 12.1 Å². The number of alkyl halides is 1. The van der Waals surface area contributed by atoms with E-state index in [0.29, 0.717) is 24.6 Å². The summed E-state index contributed by atoms with van der Waals surface area (Å²) in [6.07, 6.45) is 0. The second kappa shape index (κ2) is 6.22. The van der Waals surface area contributed by atoms with Crippen LogP contribution in [0.25, 0.3) is 0 Å². The fourth-order valence-electron chi connectivity index (χ4n) is 2.53. The first-order chi connectivity index (χ1) is 10.3. The van der Waals surface area contributed by atoms with Crippen molar-refractivity contribution in [3.63, 3.8) is 0 Å². The summed E-state index contributed by atoms with van der Waals surface area (Å²) in [4.78, 5) is 16.5. The van der Waals surface area contributed by atoms with Crippen molar-refractivity contribution in [2.75, 3.05) is 31.1 Å². The van der Waals surface area contributed by atoms with Crippen molar-refractivity contribution in [2.24, 2.45) is 0 Å². The minimum atomic E-state index is -0.0564. The molecule has 1 aliphatic rings. The highest BCUT2D eigenvalue weighted by atomic mass is 35.5. The highest BCUT2D eigenvalue weighted by Gasteiger charge is 2.24. The van der Waals surface area contributed by atoms with Crippen molar-refractivity contribution >= 4 is 23.2 Å². The first kappa shape index (κ1) is 14.0. The number of hydrogen-bond donors (Lipinski definition) is 0. The predicted molar refractivity (Wildman–Crippen MR) is 82.8 cm³/mol. The molecular formula is C16H17ClN2O2. The first-order valence-electron chi connectivity index (χ1n) is 7.02. The van der Waals surface area contributed by atoms with Crippen molar-refractivity contribution < 1.29 is 9.21 Å². The number of carbonyl (C=O) groups is 1. The Morgan fingerprint density at radius 2 is 1.76 bits per heavy atom. The summed E-state index contributed by atoms with van der Waals surface area (Å²) in [5, 5.41) is 0. The van der Waals surface area contributed by atoms with E-state index in [0.717, 1.165) is 13.1 Å². The molecule has 0 spiro atoms. The number of piperazine rings is 1. The highest BCUT2D eigenvalue weighted by Crippen LogP contribution is 2.18. The van der Waals surface area contributed by atoms with Gasteiger partial charge in [0, 0.05) is 31.9 Å². The van der Waals surface area contributed by atoms with Gasteiger partial charge in [0.15, 0.2) is 5.76 Å². The second-order valence-electron chi connectivity index (χ2n) is 5.01. The lowest BCUT2D eigenvalue weighted by molar-refractivity contribution is 0.0713. The number of hydrogen-bond acceptors (Lipinski definition) is 3. The lowest BCUT2D eigenvalue weighted by Gasteiger charge is -2.35. The zero-order valence-corrected chi connectivity index (χ0v) is 12.4. The van der Waals surface area contributed by atoms with Gasteiger partial charge in [-0.05, 0) is 24.3 Å². The third-order valence-corrected chi connectivity index (χ3v) is 3.96. The number of rotatable bonds is 3. The maximum Gasteiger partial charge on any atom is 0.289 e. The van der Waals surface area contributed by atoms with Crippen LogP contribution in [0, 0.1) is 0 Å². The third-order valence-electron chi connectivity index (χ3n) is 3.69. The average Bonchev–Trinajstić information content (AvgIpc) is 3.04. The Labute approximate surface area is 128 Å². The minimum Gasteiger partial charge on any atom is -0.455 e. The first-order valence-corrected chi connectivity index (χ1v) is 7.55. The molecule has 0 aliphatic carbocycles. The van der Waals surface area contributed by atoms with Crippen molar-refractivity contribution in [3.05, 3.63) is 54.0 Å². The number of halogens is 1. The molecule has 4 nitrogen and oxygen atoms in total. The molecule has 0 saturated carbocycles. The predicted octanol–water partition coefficient (Wildman–Crippen LogP) is 2.98. The molecular weight excluding hydrogens is 288 g/mol. The molecule has 3 rings (SSSR count). The van der Waals surface area contributed by atoms with Crippen LogP contribution in [0.2, 0.25) is 0 Å². The molecule has 2 aromatic rings. The highest BCUT2D eigenvalue weighted by molar-refractivity contribution is 6.16. The van der Waals surface area contributed by atoms with Crippen molar-refractivity contribution in [3.8, 4) is 0 Å². The topological polar surface area (TPSA) is 36.7 Å². The monoisotopic (exact) mass is 304 g/mol. The smallest absolute Gasteiger partial charge is 0.289 e. The van der Waals surface area contributed by atoms with Crippen LogP contribution in [0.1, 0.15) is 16.3 Å². The summed E-state index contributed by atoms with van der Waals surface area (Å²) in [5.41, 5.74) is 1.20. The van der Waals surface area contributed by atoms with Crippen molar-refractivity contribution in [1.82, 2.24) is 4.90 Å². The van der Waals surface area contributed by atoms with Gasteiger partial charge in [-0.3, -0.25) is 4.79 Å². The molecule has 110 valence electrons. The Hall–Kier alpha value is -1.94. The van der Waals surface area contributed by atoms with Crippen LogP contribution in [-0.2, 0) is 5.88 Å². The summed E-state index contributed by atoms with van der Waals surface area (Å²) in [6, 6.07) is 13.7. The van der Waals surface area contributed by atoms with E-state index in [1.165, 1.54) is 5.69 Å². The molecule has 1 aromatic heterocycles. The minimum absolute atomic E-state index is 0.0564. The van der Waals surface area contributed by atoms with Gasteiger partial charge in [-0.15, -0.1) is 11.6 Å². The molecule has 1 amide bonds. The molecule has 0 radical (unpaired) electrons. The maximum absolute atomic E-state index is 12.3. The number of anilines is 1. The fourth-order valence-corrected chi connectivity index (χ4v) is 2.67. The summed E-state index contributed by atoms with van der Waals surface area (Å²) >= 11 is 5.69. The van der Waals surface area contributed by atoms with Gasteiger partial charge in [-0.2, -0.15) is 0 Å². The zero-order chi connectivity index (χ0) is 14.7. The van der Waals surface area contributed by atoms with Crippen molar-refractivity contribution in [2.45, 2.75) is 5.88 Å². The Balaban J connectivity index is 1.61. The standard InChI is InChI=1S/C16H17ClN2O2/c17-12-14-6-7-15(21-14)16(20)19-10-8-18(9-11-19)13-4-2-1-3-5-13/h1-7H,8-12H2. The SMILES string of the molecule is O=C(c1ccc(CCl)o1)N1CCN(c2ccccc2)CC1. The van der Waals surface area contributed by atoms with Gasteiger partial charge in [0.25, 0.3) is 5.91 Å². The molecule has 0 bridgehead atoms. The molecule has 1 aliphatic heterocycles. The Kier molecular flexibility index (Phi) is 4.15. The Morgan fingerprint density at radius 1 is 1.05 bits per heavy atom. The van der Waals surface area contributed by atoms with E-state index in [9.17, 15) is 4.79 Å². The van der Waals surface area contributed by atoms with Crippen LogP contribution in [0.4, 0.5) is 5.69 Å².